The van der Waals surface area contributed by atoms with E-state index < -0.39 is 5.82 Å². The monoisotopic (exact) mass is 292 g/mol. The number of aromatic nitrogens is 4. The number of benzene rings is 1. The van der Waals surface area contributed by atoms with E-state index in [1.807, 2.05) is 6.92 Å². The number of nitrogens with zero attached hydrogens (tertiary/aromatic N) is 3. The molecule has 5 nitrogen and oxygen atoms in total. The van der Waals surface area contributed by atoms with Crippen LogP contribution in [0.15, 0.2) is 23.0 Å². The Balaban J connectivity index is 2.38. The van der Waals surface area contributed by atoms with Crippen molar-refractivity contribution in [3.8, 4) is 5.69 Å². The molecule has 2 aromatic heterocycles. The summed E-state index contributed by atoms with van der Waals surface area (Å²) in [6.45, 7) is 3.59. The summed E-state index contributed by atoms with van der Waals surface area (Å²) in [5.74, 6) is -0.427. The van der Waals surface area contributed by atoms with Gasteiger partial charge < -0.3 is 0 Å². The highest BCUT2D eigenvalue weighted by Gasteiger charge is 2.16. The fraction of sp³-hybridized carbons (Fsp3) is 0.154. The Kier molecular flexibility index (Phi) is 2.83. The minimum atomic E-state index is -0.427. The van der Waals surface area contributed by atoms with Gasteiger partial charge in [0, 0.05) is 0 Å². The Bertz CT molecular complexity index is 884. The molecule has 3 rings (SSSR count). The third kappa shape index (κ3) is 1.80. The highest BCUT2D eigenvalue weighted by atomic mass is 35.5. The number of halogens is 2. The Morgan fingerprint density at radius 1 is 1.35 bits per heavy atom. The van der Waals surface area contributed by atoms with E-state index in [4.69, 9.17) is 11.6 Å². The molecule has 3 aromatic rings. The summed E-state index contributed by atoms with van der Waals surface area (Å²) in [5.41, 5.74) is 1.83. The van der Waals surface area contributed by atoms with Gasteiger partial charge in [0.1, 0.15) is 5.82 Å². The molecular formula is C13H10ClFN4O. The summed E-state index contributed by atoms with van der Waals surface area (Å²) in [5, 5.41) is 11.5. The normalized spacial score (nSPS) is 11.2. The van der Waals surface area contributed by atoms with Crippen LogP contribution in [0.2, 0.25) is 5.02 Å². The predicted octanol–water partition coefficient (Wildman–Crippen LogP) is 2.52. The number of rotatable bonds is 1. The van der Waals surface area contributed by atoms with Gasteiger partial charge in [-0.05, 0) is 32.0 Å². The van der Waals surface area contributed by atoms with Gasteiger partial charge in [0.2, 0.25) is 0 Å². The smallest absolute Gasteiger partial charge is 0.265 e. The molecule has 0 atom stereocenters. The maximum absolute atomic E-state index is 13.1. The van der Waals surface area contributed by atoms with E-state index >= 15 is 0 Å². The SMILES string of the molecule is Cc1n[nH]c(=O)c2nn(-c3ccc(F)cc3Cl)c(C)c12. The summed E-state index contributed by atoms with van der Waals surface area (Å²) in [6, 6.07) is 4.02. The Morgan fingerprint density at radius 2 is 2.10 bits per heavy atom. The van der Waals surface area contributed by atoms with Crippen LogP contribution >= 0.6 is 11.6 Å². The van der Waals surface area contributed by atoms with E-state index in [-0.39, 0.29) is 16.1 Å². The third-order valence-electron chi connectivity index (χ3n) is 3.16. The molecule has 2 heterocycles. The minimum Gasteiger partial charge on any atom is -0.265 e. The highest BCUT2D eigenvalue weighted by molar-refractivity contribution is 6.32. The number of hydrogen-bond donors (Lipinski definition) is 1. The number of H-pyrrole nitrogens is 1. The second-order valence-corrected chi connectivity index (χ2v) is 4.86. The summed E-state index contributed by atoms with van der Waals surface area (Å²) in [4.78, 5) is 11.8. The van der Waals surface area contributed by atoms with Crippen molar-refractivity contribution in [3.05, 3.63) is 50.8 Å². The van der Waals surface area contributed by atoms with E-state index in [0.717, 1.165) is 5.69 Å². The van der Waals surface area contributed by atoms with Crippen LogP contribution in [-0.2, 0) is 0 Å². The van der Waals surface area contributed by atoms with Gasteiger partial charge >= 0.3 is 0 Å². The molecule has 0 fully saturated rings. The lowest BCUT2D eigenvalue weighted by atomic mass is 10.2. The predicted molar refractivity (Wildman–Crippen MR) is 73.9 cm³/mol. The van der Waals surface area contributed by atoms with Crippen LogP contribution in [0.3, 0.4) is 0 Å². The second kappa shape index (κ2) is 4.42. The summed E-state index contributed by atoms with van der Waals surface area (Å²) in [6.07, 6.45) is 0. The van der Waals surface area contributed by atoms with E-state index in [9.17, 15) is 9.18 Å². The van der Waals surface area contributed by atoms with Gasteiger partial charge in [-0.1, -0.05) is 11.6 Å². The van der Waals surface area contributed by atoms with Crippen LogP contribution in [0, 0.1) is 19.7 Å². The number of aromatic amines is 1. The molecule has 1 aromatic carbocycles. The van der Waals surface area contributed by atoms with Crippen molar-refractivity contribution < 1.29 is 4.39 Å². The molecule has 0 bridgehead atoms. The van der Waals surface area contributed by atoms with Crippen molar-refractivity contribution in [2.45, 2.75) is 13.8 Å². The molecule has 0 aliphatic heterocycles. The first-order valence-electron chi connectivity index (χ1n) is 5.89. The number of nitrogens with one attached hydrogen (secondary N) is 1. The lowest BCUT2D eigenvalue weighted by Gasteiger charge is -2.06. The zero-order chi connectivity index (χ0) is 14.4. The fourth-order valence-electron chi connectivity index (χ4n) is 2.23. The largest absolute Gasteiger partial charge is 0.292 e. The minimum absolute atomic E-state index is 0.225. The van der Waals surface area contributed by atoms with Gasteiger partial charge in [0.25, 0.3) is 5.56 Å². The molecule has 0 aliphatic rings. The van der Waals surface area contributed by atoms with Crippen molar-refractivity contribution >= 4 is 22.5 Å². The Hall–Kier alpha value is -2.21. The topological polar surface area (TPSA) is 63.6 Å². The molecule has 0 radical (unpaired) electrons. The molecule has 102 valence electrons. The average Bonchev–Trinajstić information content (AvgIpc) is 2.73. The van der Waals surface area contributed by atoms with E-state index in [0.29, 0.717) is 16.8 Å². The summed E-state index contributed by atoms with van der Waals surface area (Å²) < 4.78 is 14.6. The van der Waals surface area contributed by atoms with Crippen molar-refractivity contribution in [3.63, 3.8) is 0 Å². The molecule has 0 unspecified atom stereocenters. The zero-order valence-corrected chi connectivity index (χ0v) is 11.5. The lowest BCUT2D eigenvalue weighted by Crippen LogP contribution is -2.09. The quantitative estimate of drug-likeness (QED) is 0.749. The first kappa shape index (κ1) is 12.8. The third-order valence-corrected chi connectivity index (χ3v) is 3.46. The molecular weight excluding hydrogens is 283 g/mol. The van der Waals surface area contributed by atoms with Gasteiger partial charge in [-0.25, -0.2) is 14.2 Å². The first-order valence-corrected chi connectivity index (χ1v) is 6.27. The maximum Gasteiger partial charge on any atom is 0.292 e. The highest BCUT2D eigenvalue weighted by Crippen LogP contribution is 2.26. The van der Waals surface area contributed by atoms with Crippen LogP contribution in [-0.4, -0.2) is 20.0 Å². The van der Waals surface area contributed by atoms with Crippen molar-refractivity contribution in [2.24, 2.45) is 0 Å². The van der Waals surface area contributed by atoms with Crippen molar-refractivity contribution in [2.75, 3.05) is 0 Å². The second-order valence-electron chi connectivity index (χ2n) is 4.45. The maximum atomic E-state index is 13.1. The molecule has 7 heteroatoms. The summed E-state index contributed by atoms with van der Waals surface area (Å²) >= 11 is 6.04. The molecule has 0 aliphatic carbocycles. The standard InChI is InChI=1S/C13H10ClFN4O/c1-6-11-7(2)19(18-12(11)13(20)17-16-6)10-4-3-8(15)5-9(10)14/h3-5H,1-2H3,(H,17,20). The van der Waals surface area contributed by atoms with Gasteiger partial charge in [-0.3, -0.25) is 4.79 Å². The average molecular weight is 293 g/mol. The Morgan fingerprint density at radius 3 is 2.75 bits per heavy atom. The molecule has 0 amide bonds. The van der Waals surface area contributed by atoms with E-state index in [1.54, 1.807) is 6.92 Å². The number of fused-ring (bicyclic) bond motifs is 1. The summed E-state index contributed by atoms with van der Waals surface area (Å²) in [7, 11) is 0. The molecule has 1 N–H and O–H groups in total. The number of hydrogen-bond acceptors (Lipinski definition) is 3. The molecule has 20 heavy (non-hydrogen) atoms. The van der Waals surface area contributed by atoms with Crippen LogP contribution in [0.25, 0.3) is 16.6 Å². The van der Waals surface area contributed by atoms with Crippen molar-refractivity contribution in [1.82, 2.24) is 20.0 Å². The lowest BCUT2D eigenvalue weighted by molar-refractivity contribution is 0.627. The van der Waals surface area contributed by atoms with Crippen molar-refractivity contribution in [1.29, 1.82) is 0 Å². The zero-order valence-electron chi connectivity index (χ0n) is 10.7. The fourth-order valence-corrected chi connectivity index (χ4v) is 2.47. The number of aryl methyl sites for hydroxylation is 2. The van der Waals surface area contributed by atoms with Crippen LogP contribution in [0.4, 0.5) is 4.39 Å². The van der Waals surface area contributed by atoms with Crippen LogP contribution < -0.4 is 5.56 Å². The van der Waals surface area contributed by atoms with E-state index in [2.05, 4.69) is 15.3 Å². The molecule has 0 saturated carbocycles. The van der Waals surface area contributed by atoms with Crippen LogP contribution in [0.1, 0.15) is 11.4 Å². The molecule has 0 spiro atoms. The van der Waals surface area contributed by atoms with Crippen LogP contribution in [0.5, 0.6) is 0 Å². The van der Waals surface area contributed by atoms with Gasteiger partial charge in [-0.15, -0.1) is 0 Å². The van der Waals surface area contributed by atoms with E-state index in [1.165, 1.54) is 22.9 Å². The van der Waals surface area contributed by atoms with Gasteiger partial charge in [0.05, 0.1) is 27.5 Å². The first-order chi connectivity index (χ1) is 9.49. The Labute approximate surface area is 118 Å². The van der Waals surface area contributed by atoms with Gasteiger partial charge in [-0.2, -0.15) is 10.2 Å². The molecule has 0 saturated heterocycles. The van der Waals surface area contributed by atoms with Gasteiger partial charge in [0.15, 0.2) is 5.52 Å².